The second-order valence-electron chi connectivity index (χ2n) is 5.40. The SMILES string of the molecule is Cn1cc(C(CC(=O)O)C2CC2)c2cc(Cl)ccc21. The van der Waals surface area contributed by atoms with Gasteiger partial charge in [0.1, 0.15) is 0 Å². The zero-order valence-electron chi connectivity index (χ0n) is 10.8. The lowest BCUT2D eigenvalue weighted by Crippen LogP contribution is -2.08. The smallest absolute Gasteiger partial charge is 0.303 e. The van der Waals surface area contributed by atoms with Gasteiger partial charge >= 0.3 is 5.97 Å². The molecule has 3 nitrogen and oxygen atoms in total. The fourth-order valence-electron chi connectivity index (χ4n) is 2.91. The molecular formula is C15H16ClNO2. The number of benzene rings is 1. The van der Waals surface area contributed by atoms with E-state index in [0.29, 0.717) is 10.9 Å². The Labute approximate surface area is 116 Å². The molecule has 0 aliphatic heterocycles. The van der Waals surface area contributed by atoms with Crippen LogP contribution in [-0.4, -0.2) is 15.6 Å². The summed E-state index contributed by atoms with van der Waals surface area (Å²) in [6.45, 7) is 0. The van der Waals surface area contributed by atoms with Gasteiger partial charge in [-0.05, 0) is 48.4 Å². The summed E-state index contributed by atoms with van der Waals surface area (Å²) in [5, 5.41) is 10.9. The predicted molar refractivity (Wildman–Crippen MR) is 75.6 cm³/mol. The highest BCUT2D eigenvalue weighted by Gasteiger charge is 2.35. The van der Waals surface area contributed by atoms with Crippen LogP contribution in [0.3, 0.4) is 0 Å². The number of carboxylic acid groups (broad SMARTS) is 1. The van der Waals surface area contributed by atoms with Gasteiger partial charge in [0.05, 0.1) is 6.42 Å². The van der Waals surface area contributed by atoms with Crippen LogP contribution in [0.2, 0.25) is 5.02 Å². The fourth-order valence-corrected chi connectivity index (χ4v) is 3.08. The zero-order chi connectivity index (χ0) is 13.6. The molecule has 1 unspecified atom stereocenters. The van der Waals surface area contributed by atoms with Crippen LogP contribution >= 0.6 is 11.6 Å². The lowest BCUT2D eigenvalue weighted by molar-refractivity contribution is -0.137. The Bertz CT molecular complexity index is 643. The largest absolute Gasteiger partial charge is 0.481 e. The Balaban J connectivity index is 2.11. The van der Waals surface area contributed by atoms with Gasteiger partial charge in [-0.25, -0.2) is 0 Å². The van der Waals surface area contributed by atoms with E-state index in [1.807, 2.05) is 25.2 Å². The van der Waals surface area contributed by atoms with Crippen molar-refractivity contribution in [2.75, 3.05) is 0 Å². The molecular weight excluding hydrogens is 262 g/mol. The van der Waals surface area contributed by atoms with Crippen molar-refractivity contribution in [3.05, 3.63) is 35.0 Å². The number of fused-ring (bicyclic) bond motifs is 1. The van der Waals surface area contributed by atoms with E-state index in [4.69, 9.17) is 16.7 Å². The maximum Gasteiger partial charge on any atom is 0.303 e. The molecule has 1 heterocycles. The van der Waals surface area contributed by atoms with Crippen molar-refractivity contribution in [3.8, 4) is 0 Å². The van der Waals surface area contributed by atoms with Gasteiger partial charge in [0.25, 0.3) is 0 Å². The van der Waals surface area contributed by atoms with Gasteiger partial charge in [-0.15, -0.1) is 0 Å². The molecule has 1 N–H and O–H groups in total. The second kappa shape index (κ2) is 4.57. The first kappa shape index (κ1) is 12.5. The Morgan fingerprint density at radius 3 is 2.89 bits per heavy atom. The van der Waals surface area contributed by atoms with Crippen molar-refractivity contribution in [1.29, 1.82) is 0 Å². The molecule has 3 rings (SSSR count). The van der Waals surface area contributed by atoms with E-state index in [1.165, 1.54) is 0 Å². The normalized spacial score (nSPS) is 16.7. The van der Waals surface area contributed by atoms with Crippen LogP contribution in [-0.2, 0) is 11.8 Å². The number of hydrogen-bond donors (Lipinski definition) is 1. The van der Waals surface area contributed by atoms with E-state index in [-0.39, 0.29) is 12.3 Å². The molecule has 1 atom stereocenters. The van der Waals surface area contributed by atoms with E-state index < -0.39 is 5.97 Å². The summed E-state index contributed by atoms with van der Waals surface area (Å²) in [5.74, 6) is -0.101. The highest BCUT2D eigenvalue weighted by atomic mass is 35.5. The molecule has 0 bridgehead atoms. The molecule has 1 fully saturated rings. The molecule has 0 radical (unpaired) electrons. The minimum Gasteiger partial charge on any atom is -0.481 e. The highest BCUT2D eigenvalue weighted by Crippen LogP contribution is 2.46. The van der Waals surface area contributed by atoms with Gasteiger partial charge < -0.3 is 9.67 Å². The topological polar surface area (TPSA) is 42.2 Å². The summed E-state index contributed by atoms with van der Waals surface area (Å²) in [5.41, 5.74) is 2.24. The highest BCUT2D eigenvalue weighted by molar-refractivity contribution is 6.31. The van der Waals surface area contributed by atoms with Gasteiger partial charge in [0.2, 0.25) is 0 Å². The molecule has 100 valence electrons. The van der Waals surface area contributed by atoms with Gasteiger partial charge in [0.15, 0.2) is 0 Å². The van der Waals surface area contributed by atoms with Crippen molar-refractivity contribution in [2.24, 2.45) is 13.0 Å². The molecule has 4 heteroatoms. The number of rotatable bonds is 4. The molecule has 1 aromatic heterocycles. The average Bonchev–Trinajstić information content (AvgIpc) is 3.12. The van der Waals surface area contributed by atoms with Crippen molar-refractivity contribution in [3.63, 3.8) is 0 Å². The van der Waals surface area contributed by atoms with Gasteiger partial charge in [-0.3, -0.25) is 4.79 Å². The summed E-state index contributed by atoms with van der Waals surface area (Å²) in [4.78, 5) is 11.1. The molecule has 1 aliphatic rings. The molecule has 2 aromatic rings. The third-order valence-corrected chi connectivity index (χ3v) is 4.20. The third kappa shape index (κ3) is 2.35. The van der Waals surface area contributed by atoms with Gasteiger partial charge in [0, 0.05) is 29.2 Å². The van der Waals surface area contributed by atoms with E-state index in [2.05, 4.69) is 10.8 Å². The van der Waals surface area contributed by atoms with Crippen LogP contribution in [0.4, 0.5) is 0 Å². The summed E-state index contributed by atoms with van der Waals surface area (Å²) < 4.78 is 2.05. The Morgan fingerprint density at radius 1 is 1.53 bits per heavy atom. The van der Waals surface area contributed by atoms with Crippen LogP contribution in [0.1, 0.15) is 30.7 Å². The summed E-state index contributed by atoms with van der Waals surface area (Å²) >= 11 is 6.08. The minimum absolute atomic E-state index is 0.111. The quantitative estimate of drug-likeness (QED) is 0.924. The van der Waals surface area contributed by atoms with Crippen LogP contribution in [0, 0.1) is 5.92 Å². The maximum absolute atomic E-state index is 11.1. The molecule has 1 aliphatic carbocycles. The van der Waals surface area contributed by atoms with Crippen LogP contribution < -0.4 is 0 Å². The Kier molecular flexibility index (Phi) is 3.02. The van der Waals surface area contributed by atoms with Crippen molar-refractivity contribution in [2.45, 2.75) is 25.2 Å². The molecule has 1 aromatic carbocycles. The van der Waals surface area contributed by atoms with Crippen molar-refractivity contribution >= 4 is 28.5 Å². The van der Waals surface area contributed by atoms with Crippen molar-refractivity contribution in [1.82, 2.24) is 4.57 Å². The first-order valence-electron chi connectivity index (χ1n) is 6.52. The number of aromatic nitrogens is 1. The summed E-state index contributed by atoms with van der Waals surface area (Å²) in [6, 6.07) is 5.81. The summed E-state index contributed by atoms with van der Waals surface area (Å²) in [6.07, 6.45) is 4.53. The standard InChI is InChI=1S/C15H16ClNO2/c1-17-8-13(11(7-15(18)19)9-2-3-9)12-6-10(16)4-5-14(12)17/h4-6,8-9,11H,2-3,7H2,1H3,(H,18,19). The molecule has 0 saturated heterocycles. The first-order valence-corrected chi connectivity index (χ1v) is 6.90. The monoisotopic (exact) mass is 277 g/mol. The number of nitrogens with zero attached hydrogens (tertiary/aromatic N) is 1. The fraction of sp³-hybridized carbons (Fsp3) is 0.400. The van der Waals surface area contributed by atoms with Gasteiger partial charge in [-0.2, -0.15) is 0 Å². The second-order valence-corrected chi connectivity index (χ2v) is 5.84. The maximum atomic E-state index is 11.1. The van der Waals surface area contributed by atoms with Crippen LogP contribution in [0.15, 0.2) is 24.4 Å². The number of aryl methyl sites for hydroxylation is 1. The lowest BCUT2D eigenvalue weighted by atomic mass is 9.91. The Morgan fingerprint density at radius 2 is 2.26 bits per heavy atom. The average molecular weight is 278 g/mol. The van der Waals surface area contributed by atoms with E-state index in [9.17, 15) is 4.79 Å². The molecule has 19 heavy (non-hydrogen) atoms. The third-order valence-electron chi connectivity index (χ3n) is 3.97. The number of carboxylic acids is 1. The number of halogens is 1. The number of hydrogen-bond acceptors (Lipinski definition) is 1. The summed E-state index contributed by atoms with van der Waals surface area (Å²) in [7, 11) is 1.99. The first-order chi connectivity index (χ1) is 9.06. The van der Waals surface area contributed by atoms with E-state index >= 15 is 0 Å². The predicted octanol–water partition coefficient (Wildman–Crippen LogP) is 3.80. The number of aliphatic carboxylic acids is 1. The lowest BCUT2D eigenvalue weighted by Gasteiger charge is -2.13. The zero-order valence-corrected chi connectivity index (χ0v) is 11.5. The minimum atomic E-state index is -0.726. The van der Waals surface area contributed by atoms with E-state index in [0.717, 1.165) is 29.3 Å². The van der Waals surface area contributed by atoms with Crippen LogP contribution in [0.5, 0.6) is 0 Å². The van der Waals surface area contributed by atoms with Gasteiger partial charge in [-0.1, -0.05) is 11.6 Å². The molecule has 1 saturated carbocycles. The number of carbonyl (C=O) groups is 1. The molecule has 0 spiro atoms. The van der Waals surface area contributed by atoms with E-state index in [1.54, 1.807) is 0 Å². The van der Waals surface area contributed by atoms with Crippen LogP contribution in [0.25, 0.3) is 10.9 Å². The van der Waals surface area contributed by atoms with Crippen molar-refractivity contribution < 1.29 is 9.90 Å². The molecule has 0 amide bonds. The Hall–Kier alpha value is -1.48.